The minimum absolute atomic E-state index is 0.0298. The van der Waals surface area contributed by atoms with Gasteiger partial charge in [0.05, 0.1) is 7.11 Å². The zero-order chi connectivity index (χ0) is 14.8. The third-order valence-corrected chi connectivity index (χ3v) is 3.29. The Labute approximate surface area is 115 Å². The van der Waals surface area contributed by atoms with Gasteiger partial charge in [-0.15, -0.1) is 0 Å². The summed E-state index contributed by atoms with van der Waals surface area (Å²) in [6.07, 6.45) is 0. The van der Waals surface area contributed by atoms with Gasteiger partial charge in [-0.1, -0.05) is 0 Å². The van der Waals surface area contributed by atoms with E-state index in [9.17, 15) is 4.79 Å². The van der Waals surface area contributed by atoms with Crippen molar-refractivity contribution in [1.29, 1.82) is 0 Å². The normalized spacial score (nSPS) is 13.2. The standard InChI is InChI=1S/C15H24N2O2/c1-9-8-10(2)16-11(3)13(9)12(4)17-15(5,6)14(18)19-7/h8,12,17H,1-7H3. The Balaban J connectivity index is 3.02. The number of methoxy groups -OCH3 is 1. The third-order valence-electron chi connectivity index (χ3n) is 3.29. The molecule has 1 atom stereocenters. The van der Waals surface area contributed by atoms with Gasteiger partial charge < -0.3 is 4.74 Å². The quantitative estimate of drug-likeness (QED) is 0.849. The van der Waals surface area contributed by atoms with E-state index in [1.165, 1.54) is 12.7 Å². The van der Waals surface area contributed by atoms with E-state index in [0.29, 0.717) is 0 Å². The van der Waals surface area contributed by atoms with Crippen molar-refractivity contribution in [3.8, 4) is 0 Å². The van der Waals surface area contributed by atoms with Crippen molar-refractivity contribution < 1.29 is 9.53 Å². The molecule has 0 spiro atoms. The maximum Gasteiger partial charge on any atom is 0.325 e. The molecule has 1 N–H and O–H groups in total. The predicted molar refractivity (Wildman–Crippen MR) is 76.1 cm³/mol. The molecule has 1 aromatic rings. The molecule has 1 unspecified atom stereocenters. The number of rotatable bonds is 4. The van der Waals surface area contributed by atoms with Crippen molar-refractivity contribution in [1.82, 2.24) is 10.3 Å². The molecule has 19 heavy (non-hydrogen) atoms. The number of carbonyl (C=O) groups excluding carboxylic acids is 1. The van der Waals surface area contributed by atoms with Crippen LogP contribution in [0.4, 0.5) is 0 Å². The van der Waals surface area contributed by atoms with Crippen molar-refractivity contribution in [3.05, 3.63) is 28.6 Å². The molecule has 106 valence electrons. The van der Waals surface area contributed by atoms with E-state index in [2.05, 4.69) is 23.3 Å². The zero-order valence-corrected chi connectivity index (χ0v) is 12.9. The van der Waals surface area contributed by atoms with Gasteiger partial charge in [0.25, 0.3) is 0 Å². The first-order valence-electron chi connectivity index (χ1n) is 6.50. The fourth-order valence-corrected chi connectivity index (χ4v) is 2.62. The summed E-state index contributed by atoms with van der Waals surface area (Å²) in [6, 6.07) is 2.09. The number of ether oxygens (including phenoxy) is 1. The molecule has 0 aliphatic carbocycles. The highest BCUT2D eigenvalue weighted by Crippen LogP contribution is 2.23. The van der Waals surface area contributed by atoms with Crippen LogP contribution in [0.1, 0.15) is 49.3 Å². The summed E-state index contributed by atoms with van der Waals surface area (Å²) in [5.41, 5.74) is 3.61. The van der Waals surface area contributed by atoms with Gasteiger partial charge in [-0.2, -0.15) is 0 Å². The highest BCUT2D eigenvalue weighted by molar-refractivity contribution is 5.79. The minimum atomic E-state index is -0.724. The largest absolute Gasteiger partial charge is 0.468 e. The van der Waals surface area contributed by atoms with Crippen LogP contribution in [0.25, 0.3) is 0 Å². The fourth-order valence-electron chi connectivity index (χ4n) is 2.62. The van der Waals surface area contributed by atoms with Gasteiger partial charge in [0.15, 0.2) is 0 Å². The molecule has 4 heteroatoms. The van der Waals surface area contributed by atoms with Crippen molar-refractivity contribution >= 4 is 5.97 Å². The van der Waals surface area contributed by atoms with Gasteiger partial charge in [0.2, 0.25) is 0 Å². The molecule has 0 amide bonds. The van der Waals surface area contributed by atoms with Crippen LogP contribution in [0.3, 0.4) is 0 Å². The van der Waals surface area contributed by atoms with Gasteiger partial charge in [0, 0.05) is 17.4 Å². The number of aromatic nitrogens is 1. The number of hydrogen-bond acceptors (Lipinski definition) is 4. The topological polar surface area (TPSA) is 51.2 Å². The molecule has 0 aliphatic heterocycles. The molecule has 0 saturated carbocycles. The Kier molecular flexibility index (Phi) is 4.69. The van der Waals surface area contributed by atoms with Crippen LogP contribution in [-0.2, 0) is 9.53 Å². The summed E-state index contributed by atoms with van der Waals surface area (Å²) >= 11 is 0. The highest BCUT2D eigenvalue weighted by atomic mass is 16.5. The molecule has 0 aromatic carbocycles. The van der Waals surface area contributed by atoms with Crippen LogP contribution in [0, 0.1) is 20.8 Å². The van der Waals surface area contributed by atoms with Crippen LogP contribution in [0.5, 0.6) is 0 Å². The first kappa shape index (κ1) is 15.6. The lowest BCUT2D eigenvalue weighted by Gasteiger charge is -2.29. The fraction of sp³-hybridized carbons (Fsp3) is 0.600. The Morgan fingerprint density at radius 2 is 1.95 bits per heavy atom. The lowest BCUT2D eigenvalue weighted by Crippen LogP contribution is -2.48. The summed E-state index contributed by atoms with van der Waals surface area (Å²) in [6.45, 7) is 11.7. The summed E-state index contributed by atoms with van der Waals surface area (Å²) in [5.74, 6) is -0.269. The second kappa shape index (κ2) is 5.70. The molecule has 0 aliphatic rings. The number of carbonyl (C=O) groups is 1. The first-order valence-corrected chi connectivity index (χ1v) is 6.50. The van der Waals surface area contributed by atoms with Gasteiger partial charge in [-0.05, 0) is 58.7 Å². The van der Waals surface area contributed by atoms with Crippen LogP contribution in [-0.4, -0.2) is 23.6 Å². The second-order valence-electron chi connectivity index (χ2n) is 5.56. The lowest BCUT2D eigenvalue weighted by atomic mass is 9.97. The number of pyridine rings is 1. The maximum absolute atomic E-state index is 11.7. The van der Waals surface area contributed by atoms with E-state index in [0.717, 1.165) is 17.0 Å². The van der Waals surface area contributed by atoms with E-state index in [-0.39, 0.29) is 12.0 Å². The summed E-state index contributed by atoms with van der Waals surface area (Å²) in [5, 5.41) is 3.31. The maximum atomic E-state index is 11.7. The number of nitrogens with zero attached hydrogens (tertiary/aromatic N) is 1. The zero-order valence-electron chi connectivity index (χ0n) is 12.9. The molecular formula is C15H24N2O2. The van der Waals surface area contributed by atoms with E-state index >= 15 is 0 Å². The van der Waals surface area contributed by atoms with E-state index in [4.69, 9.17) is 4.74 Å². The number of nitrogens with one attached hydrogen (secondary N) is 1. The van der Waals surface area contributed by atoms with Crippen LogP contribution in [0.2, 0.25) is 0 Å². The highest BCUT2D eigenvalue weighted by Gasteiger charge is 2.31. The predicted octanol–water partition coefficient (Wildman–Crippen LogP) is 2.61. The molecule has 0 radical (unpaired) electrons. The van der Waals surface area contributed by atoms with Gasteiger partial charge >= 0.3 is 5.97 Å². The second-order valence-corrected chi connectivity index (χ2v) is 5.56. The van der Waals surface area contributed by atoms with Crippen molar-refractivity contribution in [3.63, 3.8) is 0 Å². The lowest BCUT2D eigenvalue weighted by molar-refractivity contribution is -0.147. The van der Waals surface area contributed by atoms with Crippen molar-refractivity contribution in [2.24, 2.45) is 0 Å². The van der Waals surface area contributed by atoms with Gasteiger partial charge in [-0.25, -0.2) is 0 Å². The minimum Gasteiger partial charge on any atom is -0.468 e. The van der Waals surface area contributed by atoms with E-state index in [1.807, 2.05) is 34.6 Å². The van der Waals surface area contributed by atoms with Crippen LogP contribution in [0.15, 0.2) is 6.07 Å². The van der Waals surface area contributed by atoms with Gasteiger partial charge in [0.1, 0.15) is 5.54 Å². The van der Waals surface area contributed by atoms with E-state index < -0.39 is 5.54 Å². The number of esters is 1. The first-order chi connectivity index (χ1) is 8.69. The molecule has 1 heterocycles. The molecule has 1 aromatic heterocycles. The molecule has 0 saturated heterocycles. The van der Waals surface area contributed by atoms with E-state index in [1.54, 1.807) is 0 Å². The smallest absolute Gasteiger partial charge is 0.325 e. The SMILES string of the molecule is COC(=O)C(C)(C)NC(C)c1c(C)cc(C)nc1C. The molecule has 0 bridgehead atoms. The molecular weight excluding hydrogens is 240 g/mol. The van der Waals surface area contributed by atoms with Crippen LogP contribution < -0.4 is 5.32 Å². The Morgan fingerprint density at radius 3 is 2.42 bits per heavy atom. The molecule has 0 fully saturated rings. The molecule has 1 rings (SSSR count). The Hall–Kier alpha value is -1.42. The van der Waals surface area contributed by atoms with Crippen molar-refractivity contribution in [2.75, 3.05) is 7.11 Å². The molecule has 4 nitrogen and oxygen atoms in total. The summed E-state index contributed by atoms with van der Waals surface area (Å²) < 4.78 is 4.81. The van der Waals surface area contributed by atoms with Crippen LogP contribution >= 0.6 is 0 Å². The summed E-state index contributed by atoms with van der Waals surface area (Å²) in [4.78, 5) is 16.2. The number of hydrogen-bond donors (Lipinski definition) is 1. The third kappa shape index (κ3) is 3.53. The Bertz CT molecular complexity index is 458. The van der Waals surface area contributed by atoms with Crippen molar-refractivity contribution in [2.45, 2.75) is 53.1 Å². The summed E-state index contributed by atoms with van der Waals surface area (Å²) in [7, 11) is 1.40. The Morgan fingerprint density at radius 1 is 1.37 bits per heavy atom. The average molecular weight is 264 g/mol. The number of aryl methyl sites for hydroxylation is 3. The monoisotopic (exact) mass is 264 g/mol. The average Bonchev–Trinajstić information content (AvgIpc) is 2.25. The van der Waals surface area contributed by atoms with Gasteiger partial charge in [-0.3, -0.25) is 15.1 Å².